The molecule has 4 rings (SSSR count). The molecule has 1 N–H and O–H groups in total. The molecule has 1 heterocycles. The van der Waals surface area contributed by atoms with Gasteiger partial charge in [0.1, 0.15) is 23.9 Å². The number of hydrogen-bond donors (Lipinski definition) is 1. The van der Waals surface area contributed by atoms with Crippen LogP contribution < -0.4 is 23.8 Å². The summed E-state index contributed by atoms with van der Waals surface area (Å²) in [6.45, 7) is 4.08. The van der Waals surface area contributed by atoms with Crippen molar-refractivity contribution in [2.45, 2.75) is 24.8 Å². The maximum absolute atomic E-state index is 13.5. The molecular weight excluding hydrogens is 468 g/mol. The smallest absolute Gasteiger partial charge is 0.264 e. The highest BCUT2D eigenvalue weighted by Gasteiger charge is 2.37. The van der Waals surface area contributed by atoms with Gasteiger partial charge in [0.2, 0.25) is 0 Å². The third-order valence-electron chi connectivity index (χ3n) is 5.60. The number of anilines is 1. The van der Waals surface area contributed by atoms with E-state index in [2.05, 4.69) is 5.32 Å². The molecule has 0 saturated carbocycles. The van der Waals surface area contributed by atoms with Crippen molar-refractivity contribution in [3.05, 3.63) is 77.9 Å². The number of hydrogen-bond acceptors (Lipinski definition) is 6. The average Bonchev–Trinajstić information content (AvgIpc) is 2.86. The fraction of sp³-hybridized carbons (Fsp3) is 0.269. The van der Waals surface area contributed by atoms with E-state index in [9.17, 15) is 13.2 Å². The van der Waals surface area contributed by atoms with Gasteiger partial charge >= 0.3 is 0 Å². The van der Waals surface area contributed by atoms with Gasteiger partial charge in [-0.05, 0) is 55.8 Å². The topological polar surface area (TPSA) is 94.2 Å². The summed E-state index contributed by atoms with van der Waals surface area (Å²) in [5.74, 6) is 1.22. The number of carbonyl (C=O) groups excluding carboxylic acids is 1. The lowest BCUT2D eigenvalue weighted by atomic mass is 10.1. The Morgan fingerprint density at radius 1 is 1.03 bits per heavy atom. The van der Waals surface area contributed by atoms with Crippen molar-refractivity contribution >= 4 is 21.6 Å². The quantitative estimate of drug-likeness (QED) is 0.480. The van der Waals surface area contributed by atoms with Crippen LogP contribution in [0.2, 0.25) is 0 Å². The number of nitrogens with one attached hydrogen (secondary N) is 1. The van der Waals surface area contributed by atoms with Crippen LogP contribution >= 0.6 is 0 Å². The van der Waals surface area contributed by atoms with Crippen molar-refractivity contribution in [2.24, 2.45) is 0 Å². The summed E-state index contributed by atoms with van der Waals surface area (Å²) in [6.07, 6.45) is -1.01. The van der Waals surface area contributed by atoms with E-state index in [0.29, 0.717) is 22.9 Å². The standard InChI is InChI=1S/C26H28N2O6S/c1-18-7-10-22(11-8-18)35(30,31)28-17-25(34-24-15-19(2)9-12-23(24)28)26(29)27-13-14-33-21-6-4-5-20(16-21)32-3/h4-12,15-16,25H,13-14,17H2,1-3H3,(H,27,29). The lowest BCUT2D eigenvalue weighted by Crippen LogP contribution is -2.51. The Hall–Kier alpha value is -3.72. The van der Waals surface area contributed by atoms with Crippen LogP contribution in [0, 0.1) is 13.8 Å². The molecule has 0 radical (unpaired) electrons. The zero-order valence-corrected chi connectivity index (χ0v) is 20.7. The number of benzene rings is 3. The number of amides is 1. The first-order valence-electron chi connectivity index (χ1n) is 11.2. The van der Waals surface area contributed by atoms with E-state index >= 15 is 0 Å². The minimum Gasteiger partial charge on any atom is -0.497 e. The fourth-order valence-corrected chi connectivity index (χ4v) is 5.19. The highest BCUT2D eigenvalue weighted by molar-refractivity contribution is 7.92. The molecule has 1 unspecified atom stereocenters. The van der Waals surface area contributed by atoms with Crippen LogP contribution in [0.25, 0.3) is 0 Å². The van der Waals surface area contributed by atoms with Gasteiger partial charge in [0.25, 0.3) is 15.9 Å². The number of aryl methyl sites for hydroxylation is 2. The molecular formula is C26H28N2O6S. The third-order valence-corrected chi connectivity index (χ3v) is 7.39. The lowest BCUT2D eigenvalue weighted by Gasteiger charge is -2.35. The molecule has 0 fully saturated rings. The van der Waals surface area contributed by atoms with Gasteiger partial charge in [-0.1, -0.05) is 29.8 Å². The van der Waals surface area contributed by atoms with E-state index in [1.165, 1.54) is 4.31 Å². The molecule has 0 spiro atoms. The summed E-state index contributed by atoms with van der Waals surface area (Å²) in [7, 11) is -2.33. The largest absolute Gasteiger partial charge is 0.497 e. The molecule has 184 valence electrons. The van der Waals surface area contributed by atoms with Crippen LogP contribution in [0.5, 0.6) is 17.2 Å². The molecule has 1 atom stereocenters. The fourth-order valence-electron chi connectivity index (χ4n) is 3.71. The number of sulfonamides is 1. The molecule has 35 heavy (non-hydrogen) atoms. The molecule has 0 aromatic heterocycles. The minimum absolute atomic E-state index is 0.144. The van der Waals surface area contributed by atoms with E-state index in [1.807, 2.05) is 32.0 Å². The van der Waals surface area contributed by atoms with Crippen LogP contribution in [0.15, 0.2) is 71.6 Å². The van der Waals surface area contributed by atoms with Gasteiger partial charge in [-0.2, -0.15) is 0 Å². The van der Waals surface area contributed by atoms with Crippen molar-refractivity contribution in [1.82, 2.24) is 5.32 Å². The van der Waals surface area contributed by atoms with E-state index in [1.54, 1.807) is 55.6 Å². The SMILES string of the molecule is COc1cccc(OCCNC(=O)C2CN(S(=O)(=O)c3ccc(C)cc3)c3ccc(C)cc3O2)c1. The van der Waals surface area contributed by atoms with Crippen LogP contribution in [-0.4, -0.2) is 47.2 Å². The molecule has 3 aromatic rings. The number of nitrogens with zero attached hydrogens (tertiary/aromatic N) is 1. The highest BCUT2D eigenvalue weighted by atomic mass is 32.2. The summed E-state index contributed by atoms with van der Waals surface area (Å²) in [5.41, 5.74) is 2.25. The van der Waals surface area contributed by atoms with Gasteiger partial charge in [0.15, 0.2) is 6.10 Å². The van der Waals surface area contributed by atoms with Gasteiger partial charge in [0.05, 0.1) is 30.8 Å². The molecule has 8 nitrogen and oxygen atoms in total. The summed E-state index contributed by atoms with van der Waals surface area (Å²) >= 11 is 0. The number of methoxy groups -OCH3 is 1. The van der Waals surface area contributed by atoms with Crippen molar-refractivity contribution in [2.75, 3.05) is 31.1 Å². The summed E-state index contributed by atoms with van der Waals surface area (Å²) < 4.78 is 45.0. The molecule has 0 saturated heterocycles. The van der Waals surface area contributed by atoms with E-state index in [4.69, 9.17) is 14.2 Å². The number of fused-ring (bicyclic) bond motifs is 1. The molecule has 0 aliphatic carbocycles. The van der Waals surface area contributed by atoms with E-state index in [0.717, 1.165) is 11.1 Å². The Morgan fingerprint density at radius 2 is 1.74 bits per heavy atom. The van der Waals surface area contributed by atoms with Crippen molar-refractivity contribution < 1.29 is 27.4 Å². The van der Waals surface area contributed by atoms with Crippen molar-refractivity contribution in [1.29, 1.82) is 0 Å². The van der Waals surface area contributed by atoms with Crippen LogP contribution in [0.3, 0.4) is 0 Å². The van der Waals surface area contributed by atoms with Crippen LogP contribution in [-0.2, 0) is 14.8 Å². The Kier molecular flexibility index (Phi) is 7.16. The van der Waals surface area contributed by atoms with Crippen LogP contribution in [0.4, 0.5) is 5.69 Å². The van der Waals surface area contributed by atoms with Gasteiger partial charge in [-0.15, -0.1) is 0 Å². The predicted molar refractivity (Wildman–Crippen MR) is 133 cm³/mol. The molecule has 1 aliphatic heterocycles. The summed E-state index contributed by atoms with van der Waals surface area (Å²) in [6, 6.07) is 19.0. The average molecular weight is 497 g/mol. The zero-order valence-electron chi connectivity index (χ0n) is 19.9. The van der Waals surface area contributed by atoms with Gasteiger partial charge in [-0.25, -0.2) is 8.42 Å². The minimum atomic E-state index is -3.90. The molecule has 9 heteroatoms. The first-order valence-corrected chi connectivity index (χ1v) is 12.6. The highest BCUT2D eigenvalue weighted by Crippen LogP contribution is 2.37. The van der Waals surface area contributed by atoms with E-state index < -0.39 is 22.0 Å². The predicted octanol–water partition coefficient (Wildman–Crippen LogP) is 3.46. The Balaban J connectivity index is 1.47. The lowest BCUT2D eigenvalue weighted by molar-refractivity contribution is -0.127. The maximum atomic E-state index is 13.5. The second-order valence-corrected chi connectivity index (χ2v) is 10.1. The van der Waals surface area contributed by atoms with Gasteiger partial charge < -0.3 is 19.5 Å². The summed E-state index contributed by atoms with van der Waals surface area (Å²) in [5, 5.41) is 2.77. The molecule has 1 aliphatic rings. The molecule has 1 amide bonds. The Labute approximate surface area is 205 Å². The second kappa shape index (κ2) is 10.3. The molecule has 0 bridgehead atoms. The van der Waals surface area contributed by atoms with Gasteiger partial charge in [-0.3, -0.25) is 9.10 Å². The number of rotatable bonds is 8. The Bertz CT molecular complexity index is 1310. The maximum Gasteiger partial charge on any atom is 0.264 e. The van der Waals surface area contributed by atoms with Crippen LogP contribution in [0.1, 0.15) is 11.1 Å². The second-order valence-electron chi connectivity index (χ2n) is 8.25. The van der Waals surface area contributed by atoms with Crippen molar-refractivity contribution in [3.63, 3.8) is 0 Å². The first kappa shape index (κ1) is 24.4. The number of carbonyl (C=O) groups is 1. The zero-order chi connectivity index (χ0) is 25.0. The Morgan fingerprint density at radius 3 is 2.49 bits per heavy atom. The van der Waals surface area contributed by atoms with Gasteiger partial charge in [0, 0.05) is 6.07 Å². The van der Waals surface area contributed by atoms with Crippen molar-refractivity contribution in [3.8, 4) is 17.2 Å². The normalized spacial score (nSPS) is 15.1. The first-order chi connectivity index (χ1) is 16.8. The summed E-state index contributed by atoms with van der Waals surface area (Å²) in [4.78, 5) is 13.1. The monoisotopic (exact) mass is 496 g/mol. The van der Waals surface area contributed by atoms with E-state index in [-0.39, 0.29) is 24.6 Å². The number of ether oxygens (including phenoxy) is 3. The molecule has 3 aromatic carbocycles. The third kappa shape index (κ3) is 5.51.